The highest BCUT2D eigenvalue weighted by Gasteiger charge is 2.18. The van der Waals surface area contributed by atoms with Crippen LogP contribution in [0.1, 0.15) is 25.8 Å². The van der Waals surface area contributed by atoms with E-state index in [0.717, 1.165) is 12.3 Å². The Morgan fingerprint density at radius 2 is 2.00 bits per heavy atom. The van der Waals surface area contributed by atoms with Crippen LogP contribution in [0.25, 0.3) is 0 Å². The summed E-state index contributed by atoms with van der Waals surface area (Å²) in [5.41, 5.74) is 2.83. The zero-order valence-electron chi connectivity index (χ0n) is 9.16. The Kier molecular flexibility index (Phi) is 2.76. The van der Waals surface area contributed by atoms with E-state index in [1.165, 1.54) is 30.8 Å². The Morgan fingerprint density at radius 1 is 1.29 bits per heavy atom. The molecule has 14 heavy (non-hydrogen) atoms. The third-order valence-electron chi connectivity index (χ3n) is 3.13. The molecule has 1 atom stereocenters. The van der Waals surface area contributed by atoms with Crippen molar-refractivity contribution in [2.75, 3.05) is 18.0 Å². The van der Waals surface area contributed by atoms with E-state index in [1.54, 1.807) is 0 Å². The summed E-state index contributed by atoms with van der Waals surface area (Å²) < 4.78 is 0. The minimum atomic E-state index is 0.862. The van der Waals surface area contributed by atoms with Gasteiger partial charge in [-0.15, -0.1) is 0 Å². The second-order valence-electron chi connectivity index (χ2n) is 4.36. The van der Waals surface area contributed by atoms with Crippen LogP contribution in [0.15, 0.2) is 24.3 Å². The molecule has 1 saturated heterocycles. The Labute approximate surface area is 86.7 Å². The molecule has 1 aliphatic heterocycles. The Morgan fingerprint density at radius 3 is 2.50 bits per heavy atom. The van der Waals surface area contributed by atoms with Crippen molar-refractivity contribution in [1.82, 2.24) is 0 Å². The highest BCUT2D eigenvalue weighted by Crippen LogP contribution is 2.23. The van der Waals surface area contributed by atoms with Gasteiger partial charge in [-0.05, 0) is 36.5 Å². The summed E-state index contributed by atoms with van der Waals surface area (Å²) in [6.07, 6.45) is 2.48. The molecule has 1 heterocycles. The van der Waals surface area contributed by atoms with Crippen LogP contribution >= 0.6 is 0 Å². The van der Waals surface area contributed by atoms with Crippen molar-refractivity contribution >= 4 is 5.69 Å². The average molecular weight is 189 g/mol. The van der Waals surface area contributed by atoms with Crippen LogP contribution in [0, 0.1) is 5.92 Å². The molecule has 0 radical (unpaired) electrons. The molecule has 0 amide bonds. The first-order chi connectivity index (χ1) is 6.79. The second kappa shape index (κ2) is 4.04. The van der Waals surface area contributed by atoms with Crippen molar-refractivity contribution in [3.63, 3.8) is 0 Å². The standard InChI is InChI=1S/C13H19N/c1-3-12-4-6-13(7-5-12)14-9-8-11(2)10-14/h4-7,11H,3,8-10H2,1-2H3. The molecule has 1 aromatic rings. The first kappa shape index (κ1) is 9.57. The predicted molar refractivity (Wildman–Crippen MR) is 61.8 cm³/mol. The Hall–Kier alpha value is -0.980. The molecule has 1 nitrogen and oxygen atoms in total. The highest BCUT2D eigenvalue weighted by molar-refractivity contribution is 5.48. The number of rotatable bonds is 2. The van der Waals surface area contributed by atoms with Crippen LogP contribution in [-0.2, 0) is 6.42 Å². The largest absolute Gasteiger partial charge is 0.371 e. The van der Waals surface area contributed by atoms with Crippen molar-refractivity contribution in [3.05, 3.63) is 29.8 Å². The monoisotopic (exact) mass is 189 g/mol. The quantitative estimate of drug-likeness (QED) is 0.691. The molecule has 2 rings (SSSR count). The molecule has 1 heteroatoms. The fraction of sp³-hybridized carbons (Fsp3) is 0.538. The van der Waals surface area contributed by atoms with Crippen molar-refractivity contribution in [3.8, 4) is 0 Å². The number of hydrogen-bond donors (Lipinski definition) is 0. The Balaban J connectivity index is 2.09. The van der Waals surface area contributed by atoms with E-state index >= 15 is 0 Å². The average Bonchev–Trinajstić information content (AvgIpc) is 2.65. The van der Waals surface area contributed by atoms with Crippen LogP contribution in [0.5, 0.6) is 0 Å². The lowest BCUT2D eigenvalue weighted by Crippen LogP contribution is -2.18. The fourth-order valence-electron chi connectivity index (χ4n) is 2.11. The lowest BCUT2D eigenvalue weighted by molar-refractivity contribution is 0.659. The molecule has 1 aliphatic rings. The van der Waals surface area contributed by atoms with Gasteiger partial charge in [-0.25, -0.2) is 0 Å². The number of anilines is 1. The SMILES string of the molecule is CCc1ccc(N2CCC(C)C2)cc1. The number of hydrogen-bond acceptors (Lipinski definition) is 1. The summed E-state index contributed by atoms with van der Waals surface area (Å²) in [5, 5.41) is 0. The number of aryl methyl sites for hydroxylation is 1. The Bertz CT molecular complexity index is 289. The molecule has 0 N–H and O–H groups in total. The molecule has 0 aromatic heterocycles. The van der Waals surface area contributed by atoms with Gasteiger partial charge in [-0.2, -0.15) is 0 Å². The maximum atomic E-state index is 2.49. The van der Waals surface area contributed by atoms with E-state index in [2.05, 4.69) is 43.0 Å². The highest BCUT2D eigenvalue weighted by atomic mass is 15.1. The van der Waals surface area contributed by atoms with Crippen molar-refractivity contribution in [1.29, 1.82) is 0 Å². The predicted octanol–water partition coefficient (Wildman–Crippen LogP) is 3.10. The summed E-state index contributed by atoms with van der Waals surface area (Å²) in [6, 6.07) is 9.02. The number of nitrogens with zero attached hydrogens (tertiary/aromatic N) is 1. The van der Waals surface area contributed by atoms with Crippen molar-refractivity contribution in [2.24, 2.45) is 5.92 Å². The van der Waals surface area contributed by atoms with Crippen LogP contribution in [-0.4, -0.2) is 13.1 Å². The smallest absolute Gasteiger partial charge is 0.0366 e. The van der Waals surface area contributed by atoms with Crippen molar-refractivity contribution < 1.29 is 0 Å². The summed E-state index contributed by atoms with van der Waals surface area (Å²) in [6.45, 7) is 6.99. The molecule has 1 fully saturated rings. The van der Waals surface area contributed by atoms with Gasteiger partial charge in [0.05, 0.1) is 0 Å². The molecular formula is C13H19N. The van der Waals surface area contributed by atoms with Gasteiger partial charge in [-0.1, -0.05) is 26.0 Å². The minimum absolute atomic E-state index is 0.862. The summed E-state index contributed by atoms with van der Waals surface area (Å²) in [5.74, 6) is 0.862. The number of benzene rings is 1. The van der Waals surface area contributed by atoms with Crippen LogP contribution < -0.4 is 4.90 Å². The molecular weight excluding hydrogens is 170 g/mol. The summed E-state index contributed by atoms with van der Waals surface area (Å²) in [7, 11) is 0. The second-order valence-corrected chi connectivity index (χ2v) is 4.36. The third-order valence-corrected chi connectivity index (χ3v) is 3.13. The maximum absolute atomic E-state index is 2.49. The van der Waals surface area contributed by atoms with Gasteiger partial charge >= 0.3 is 0 Å². The first-order valence-electron chi connectivity index (χ1n) is 5.63. The van der Waals surface area contributed by atoms with E-state index in [4.69, 9.17) is 0 Å². The van der Waals surface area contributed by atoms with E-state index in [0.29, 0.717) is 0 Å². The van der Waals surface area contributed by atoms with Gasteiger partial charge in [0.15, 0.2) is 0 Å². The summed E-state index contributed by atoms with van der Waals surface area (Å²) in [4.78, 5) is 2.49. The first-order valence-corrected chi connectivity index (χ1v) is 5.63. The molecule has 1 unspecified atom stereocenters. The van der Waals surface area contributed by atoms with E-state index in [9.17, 15) is 0 Å². The van der Waals surface area contributed by atoms with E-state index in [1.807, 2.05) is 0 Å². The van der Waals surface area contributed by atoms with Gasteiger partial charge in [0.25, 0.3) is 0 Å². The lowest BCUT2D eigenvalue weighted by atomic mass is 10.1. The van der Waals surface area contributed by atoms with Crippen LogP contribution in [0.2, 0.25) is 0 Å². The summed E-state index contributed by atoms with van der Waals surface area (Å²) >= 11 is 0. The molecule has 1 aromatic carbocycles. The van der Waals surface area contributed by atoms with Gasteiger partial charge in [0.1, 0.15) is 0 Å². The van der Waals surface area contributed by atoms with Gasteiger partial charge in [0, 0.05) is 18.8 Å². The lowest BCUT2D eigenvalue weighted by Gasteiger charge is -2.18. The molecule has 0 aliphatic carbocycles. The van der Waals surface area contributed by atoms with Crippen LogP contribution in [0.3, 0.4) is 0 Å². The van der Waals surface area contributed by atoms with E-state index in [-0.39, 0.29) is 0 Å². The molecule has 76 valence electrons. The zero-order valence-corrected chi connectivity index (χ0v) is 9.16. The fourth-order valence-corrected chi connectivity index (χ4v) is 2.11. The maximum Gasteiger partial charge on any atom is 0.0366 e. The zero-order chi connectivity index (χ0) is 9.97. The van der Waals surface area contributed by atoms with Crippen LogP contribution in [0.4, 0.5) is 5.69 Å². The van der Waals surface area contributed by atoms with Gasteiger partial charge in [0.2, 0.25) is 0 Å². The molecule has 0 saturated carbocycles. The van der Waals surface area contributed by atoms with Gasteiger partial charge in [-0.3, -0.25) is 0 Å². The molecule has 0 spiro atoms. The van der Waals surface area contributed by atoms with Crippen molar-refractivity contribution in [2.45, 2.75) is 26.7 Å². The normalized spacial score (nSPS) is 21.6. The van der Waals surface area contributed by atoms with Gasteiger partial charge < -0.3 is 4.90 Å². The topological polar surface area (TPSA) is 3.24 Å². The molecule has 0 bridgehead atoms. The third kappa shape index (κ3) is 1.92. The van der Waals surface area contributed by atoms with E-state index < -0.39 is 0 Å². The minimum Gasteiger partial charge on any atom is -0.371 e.